The van der Waals surface area contributed by atoms with Gasteiger partial charge in [-0.1, -0.05) is 61.6 Å². The van der Waals surface area contributed by atoms with E-state index < -0.39 is 8.07 Å². The van der Waals surface area contributed by atoms with E-state index in [2.05, 4.69) is 72.7 Å². The van der Waals surface area contributed by atoms with Crippen molar-refractivity contribution in [3.05, 3.63) is 66.9 Å². The van der Waals surface area contributed by atoms with Gasteiger partial charge in [0.1, 0.15) is 8.07 Å². The van der Waals surface area contributed by atoms with E-state index in [1.165, 1.54) is 21.9 Å². The lowest BCUT2D eigenvalue weighted by Gasteiger charge is -2.21. The maximum atomic E-state index is 4.58. The summed E-state index contributed by atoms with van der Waals surface area (Å²) < 4.78 is 0. The Labute approximate surface area is 126 Å². The largest absolute Gasteiger partial charge is 0.256 e. The number of fused-ring (bicyclic) bond motifs is 3. The highest BCUT2D eigenvalue weighted by Gasteiger charge is 2.39. The average Bonchev–Trinajstić information content (AvgIpc) is 2.77. The molecule has 0 saturated heterocycles. The minimum absolute atomic E-state index is 1.09. The molecule has 1 aliphatic rings. The minimum atomic E-state index is -1.65. The maximum absolute atomic E-state index is 4.58. The van der Waals surface area contributed by atoms with Crippen molar-refractivity contribution >= 4 is 18.4 Å². The highest BCUT2D eigenvalue weighted by atomic mass is 28.3. The second-order valence-electron chi connectivity index (χ2n) is 6.11. The van der Waals surface area contributed by atoms with E-state index in [1.807, 2.05) is 12.3 Å². The highest BCUT2D eigenvalue weighted by molar-refractivity contribution is 7.04. The van der Waals surface area contributed by atoms with Crippen molar-refractivity contribution in [2.45, 2.75) is 13.1 Å². The van der Waals surface area contributed by atoms with Gasteiger partial charge >= 0.3 is 0 Å². The average molecular weight is 287 g/mol. The van der Waals surface area contributed by atoms with E-state index in [0.29, 0.717) is 0 Å². The Hall–Kier alpha value is -2.19. The summed E-state index contributed by atoms with van der Waals surface area (Å²) in [6, 6.07) is 21.7. The van der Waals surface area contributed by atoms with Gasteiger partial charge in [-0.15, -0.1) is 0 Å². The molecule has 0 atom stereocenters. The Kier molecular flexibility index (Phi) is 2.63. The predicted molar refractivity (Wildman–Crippen MR) is 91.9 cm³/mol. The molecule has 1 nitrogen and oxygen atoms in total. The van der Waals surface area contributed by atoms with Crippen LogP contribution in [-0.4, -0.2) is 13.1 Å². The predicted octanol–water partition coefficient (Wildman–Crippen LogP) is 3.55. The lowest BCUT2D eigenvalue weighted by molar-refractivity contribution is 1.33. The summed E-state index contributed by atoms with van der Waals surface area (Å²) in [7, 11) is -1.65. The van der Waals surface area contributed by atoms with Crippen LogP contribution in [0.4, 0.5) is 0 Å². The van der Waals surface area contributed by atoms with E-state index in [4.69, 9.17) is 0 Å². The standard InChI is InChI=1S/C19H17NSi/c1-21(2)18-12-4-3-8-14(18)15-9-7-10-16(19(15)21)17-11-5-6-13-20-17/h3-13H,1-2H3. The zero-order chi connectivity index (χ0) is 14.4. The van der Waals surface area contributed by atoms with Crippen molar-refractivity contribution in [2.24, 2.45) is 0 Å². The first-order valence-electron chi connectivity index (χ1n) is 7.34. The molecule has 1 aromatic heterocycles. The van der Waals surface area contributed by atoms with Gasteiger partial charge in [0, 0.05) is 11.8 Å². The van der Waals surface area contributed by atoms with Crippen molar-refractivity contribution in [1.82, 2.24) is 4.98 Å². The first-order chi connectivity index (χ1) is 10.2. The highest BCUT2D eigenvalue weighted by Crippen LogP contribution is 2.32. The number of hydrogen-bond donors (Lipinski definition) is 0. The molecule has 102 valence electrons. The summed E-state index contributed by atoms with van der Waals surface area (Å²) in [6.45, 7) is 4.90. The molecule has 0 saturated carbocycles. The molecule has 0 radical (unpaired) electrons. The summed E-state index contributed by atoms with van der Waals surface area (Å²) in [4.78, 5) is 4.58. The lowest BCUT2D eigenvalue weighted by Crippen LogP contribution is -2.50. The van der Waals surface area contributed by atoms with Crippen LogP contribution in [0, 0.1) is 0 Å². The van der Waals surface area contributed by atoms with Crippen molar-refractivity contribution in [3.63, 3.8) is 0 Å². The fraction of sp³-hybridized carbons (Fsp3) is 0.105. The Morgan fingerprint density at radius 3 is 2.24 bits per heavy atom. The fourth-order valence-electron chi connectivity index (χ4n) is 3.58. The van der Waals surface area contributed by atoms with Gasteiger partial charge in [-0.2, -0.15) is 0 Å². The van der Waals surface area contributed by atoms with Crippen LogP contribution in [0.2, 0.25) is 13.1 Å². The Morgan fingerprint density at radius 1 is 0.714 bits per heavy atom. The van der Waals surface area contributed by atoms with Crippen LogP contribution in [-0.2, 0) is 0 Å². The summed E-state index contributed by atoms with van der Waals surface area (Å²) in [5.41, 5.74) is 5.22. The van der Waals surface area contributed by atoms with E-state index in [9.17, 15) is 0 Å². The normalized spacial score (nSPS) is 14.6. The molecule has 0 fully saturated rings. The molecule has 0 N–H and O–H groups in total. The molecule has 0 aliphatic carbocycles. The van der Waals surface area contributed by atoms with Gasteiger partial charge in [0.05, 0.1) is 5.69 Å². The van der Waals surface area contributed by atoms with Crippen LogP contribution in [0.5, 0.6) is 0 Å². The molecule has 0 amide bonds. The van der Waals surface area contributed by atoms with Crippen LogP contribution < -0.4 is 10.4 Å². The smallest absolute Gasteiger partial charge is 0.114 e. The molecule has 0 spiro atoms. The third-order valence-corrected chi connectivity index (χ3v) is 8.09. The zero-order valence-electron chi connectivity index (χ0n) is 12.3. The Balaban J connectivity index is 2.06. The number of hydrogen-bond acceptors (Lipinski definition) is 1. The third kappa shape index (κ3) is 1.72. The monoisotopic (exact) mass is 287 g/mol. The molecule has 4 rings (SSSR count). The van der Waals surface area contributed by atoms with E-state index in [-0.39, 0.29) is 0 Å². The molecule has 0 bridgehead atoms. The molecule has 2 aromatic carbocycles. The molecule has 21 heavy (non-hydrogen) atoms. The fourth-order valence-corrected chi connectivity index (χ4v) is 7.03. The zero-order valence-corrected chi connectivity index (χ0v) is 13.3. The number of benzene rings is 2. The number of pyridine rings is 1. The van der Waals surface area contributed by atoms with Gasteiger partial charge in [0.2, 0.25) is 0 Å². The number of nitrogens with zero attached hydrogens (tertiary/aromatic N) is 1. The molecular formula is C19H17NSi. The van der Waals surface area contributed by atoms with Gasteiger partial charge in [0.15, 0.2) is 0 Å². The van der Waals surface area contributed by atoms with Crippen molar-refractivity contribution in [2.75, 3.05) is 0 Å². The van der Waals surface area contributed by atoms with Crippen molar-refractivity contribution in [1.29, 1.82) is 0 Å². The van der Waals surface area contributed by atoms with Gasteiger partial charge in [0.25, 0.3) is 0 Å². The molecule has 1 aliphatic heterocycles. The quantitative estimate of drug-likeness (QED) is 0.624. The van der Waals surface area contributed by atoms with Gasteiger partial charge < -0.3 is 0 Å². The minimum Gasteiger partial charge on any atom is -0.256 e. The SMILES string of the molecule is C[Si]1(C)c2ccccc2-c2cccc(-c3ccccn3)c21. The van der Waals surface area contributed by atoms with E-state index in [0.717, 1.165) is 5.69 Å². The number of aromatic nitrogens is 1. The van der Waals surface area contributed by atoms with Crippen LogP contribution >= 0.6 is 0 Å². The Bertz CT molecular complexity index is 822. The van der Waals surface area contributed by atoms with Crippen LogP contribution in [0.1, 0.15) is 0 Å². The van der Waals surface area contributed by atoms with Crippen LogP contribution in [0.15, 0.2) is 66.9 Å². The molecule has 2 heteroatoms. The van der Waals surface area contributed by atoms with E-state index in [1.54, 1.807) is 5.19 Å². The van der Waals surface area contributed by atoms with Crippen molar-refractivity contribution in [3.8, 4) is 22.4 Å². The van der Waals surface area contributed by atoms with Gasteiger partial charge in [-0.3, -0.25) is 4.98 Å². The summed E-state index contributed by atoms with van der Waals surface area (Å²) in [6.07, 6.45) is 1.88. The first kappa shape index (κ1) is 12.5. The van der Waals surface area contributed by atoms with Crippen LogP contribution in [0.25, 0.3) is 22.4 Å². The van der Waals surface area contributed by atoms with Gasteiger partial charge in [-0.25, -0.2) is 0 Å². The lowest BCUT2D eigenvalue weighted by atomic mass is 10.0. The third-order valence-electron chi connectivity index (χ3n) is 4.52. The molecule has 3 aromatic rings. The second-order valence-corrected chi connectivity index (χ2v) is 10.4. The van der Waals surface area contributed by atoms with Gasteiger partial charge in [-0.05, 0) is 33.6 Å². The molecule has 2 heterocycles. The maximum Gasteiger partial charge on any atom is 0.114 e. The van der Waals surface area contributed by atoms with Crippen LogP contribution in [0.3, 0.4) is 0 Å². The van der Waals surface area contributed by atoms with E-state index >= 15 is 0 Å². The summed E-state index contributed by atoms with van der Waals surface area (Å²) >= 11 is 0. The Morgan fingerprint density at radius 2 is 1.43 bits per heavy atom. The van der Waals surface area contributed by atoms with Crippen molar-refractivity contribution < 1.29 is 0 Å². The number of rotatable bonds is 1. The summed E-state index contributed by atoms with van der Waals surface area (Å²) in [5.74, 6) is 0. The molecular weight excluding hydrogens is 270 g/mol. The molecule has 0 unspecified atom stereocenters. The topological polar surface area (TPSA) is 12.9 Å². The first-order valence-corrected chi connectivity index (χ1v) is 10.3. The summed E-state index contributed by atoms with van der Waals surface area (Å²) in [5, 5.41) is 3.08. The second kappa shape index (κ2) is 4.40.